The normalized spacial score (nSPS) is 14.3. The molecule has 5 nitrogen and oxygen atoms in total. The molecule has 0 bridgehead atoms. The standard InChI is InChI=1S/C20H20N2O3/c1-14(17-10-9-16-5-3-6-18(16)13-17)21-20(23)11-8-15-4-2-7-19(12-15)22(24)25/h2,4,7-14H,3,5-6H2,1H3,(H,21,23)/b11-8+/t14-/m0/s1. The largest absolute Gasteiger partial charge is 0.346 e. The van der Waals surface area contributed by atoms with Crippen molar-refractivity contribution in [2.45, 2.75) is 32.2 Å². The Morgan fingerprint density at radius 1 is 1.20 bits per heavy atom. The molecule has 5 heteroatoms. The van der Waals surface area contributed by atoms with Gasteiger partial charge < -0.3 is 5.32 Å². The number of non-ortho nitro benzene ring substituents is 1. The molecule has 0 fully saturated rings. The number of amides is 1. The molecule has 3 rings (SSSR count). The summed E-state index contributed by atoms with van der Waals surface area (Å²) in [4.78, 5) is 22.4. The molecule has 128 valence electrons. The van der Waals surface area contributed by atoms with Gasteiger partial charge in [-0.1, -0.05) is 30.3 Å². The first-order valence-electron chi connectivity index (χ1n) is 8.37. The van der Waals surface area contributed by atoms with Gasteiger partial charge in [-0.15, -0.1) is 0 Å². The van der Waals surface area contributed by atoms with E-state index in [0.29, 0.717) is 5.56 Å². The van der Waals surface area contributed by atoms with E-state index >= 15 is 0 Å². The molecule has 0 aliphatic heterocycles. The molecule has 2 aromatic carbocycles. The Bertz CT molecular complexity index is 843. The third-order valence-electron chi connectivity index (χ3n) is 4.49. The van der Waals surface area contributed by atoms with Gasteiger partial charge in [0.05, 0.1) is 11.0 Å². The van der Waals surface area contributed by atoms with Gasteiger partial charge >= 0.3 is 0 Å². The Morgan fingerprint density at radius 3 is 2.80 bits per heavy atom. The summed E-state index contributed by atoms with van der Waals surface area (Å²) < 4.78 is 0. The number of nitro groups is 1. The number of nitrogens with zero attached hydrogens (tertiary/aromatic N) is 1. The number of carbonyl (C=O) groups excluding carboxylic acids is 1. The number of nitrogens with one attached hydrogen (secondary N) is 1. The lowest BCUT2D eigenvalue weighted by molar-refractivity contribution is -0.384. The minimum absolute atomic E-state index is 0.00840. The van der Waals surface area contributed by atoms with E-state index in [4.69, 9.17) is 0 Å². The van der Waals surface area contributed by atoms with Crippen molar-refractivity contribution in [2.24, 2.45) is 0 Å². The summed E-state index contributed by atoms with van der Waals surface area (Å²) >= 11 is 0. The average Bonchev–Trinajstić information content (AvgIpc) is 3.07. The lowest BCUT2D eigenvalue weighted by atomic mass is 10.0. The molecule has 25 heavy (non-hydrogen) atoms. The molecule has 0 saturated carbocycles. The summed E-state index contributed by atoms with van der Waals surface area (Å²) in [5.74, 6) is -0.223. The van der Waals surface area contributed by atoms with Crippen LogP contribution in [-0.2, 0) is 17.6 Å². The fraction of sp³-hybridized carbons (Fsp3) is 0.250. The minimum Gasteiger partial charge on any atom is -0.346 e. The van der Waals surface area contributed by atoms with Crippen LogP contribution in [0.4, 0.5) is 5.69 Å². The van der Waals surface area contributed by atoms with Crippen LogP contribution in [0.1, 0.15) is 41.6 Å². The molecule has 0 unspecified atom stereocenters. The topological polar surface area (TPSA) is 72.2 Å². The Kier molecular flexibility index (Phi) is 4.93. The predicted octanol–water partition coefficient (Wildman–Crippen LogP) is 3.97. The zero-order valence-corrected chi connectivity index (χ0v) is 14.1. The van der Waals surface area contributed by atoms with Crippen LogP contribution in [0.2, 0.25) is 0 Å². The van der Waals surface area contributed by atoms with Gasteiger partial charge in [0.15, 0.2) is 0 Å². The van der Waals surface area contributed by atoms with Crippen LogP contribution < -0.4 is 5.32 Å². The molecule has 1 amide bonds. The monoisotopic (exact) mass is 336 g/mol. The molecule has 0 radical (unpaired) electrons. The van der Waals surface area contributed by atoms with Gasteiger partial charge in [0.25, 0.3) is 5.69 Å². The molecule has 1 aliphatic carbocycles. The lowest BCUT2D eigenvalue weighted by Gasteiger charge is -2.14. The van der Waals surface area contributed by atoms with Gasteiger partial charge in [-0.2, -0.15) is 0 Å². The number of fused-ring (bicyclic) bond motifs is 1. The summed E-state index contributed by atoms with van der Waals surface area (Å²) in [6.07, 6.45) is 6.44. The van der Waals surface area contributed by atoms with Crippen molar-refractivity contribution < 1.29 is 9.72 Å². The molecule has 0 saturated heterocycles. The first-order valence-corrected chi connectivity index (χ1v) is 8.37. The number of carbonyl (C=O) groups is 1. The molecule has 1 aliphatic rings. The molecular formula is C20H20N2O3. The number of hydrogen-bond acceptors (Lipinski definition) is 3. The van der Waals surface area contributed by atoms with Crippen LogP contribution >= 0.6 is 0 Å². The third-order valence-corrected chi connectivity index (χ3v) is 4.49. The van der Waals surface area contributed by atoms with Crippen molar-refractivity contribution in [1.82, 2.24) is 5.32 Å². The summed E-state index contributed by atoms with van der Waals surface area (Å²) in [6, 6.07) is 12.5. The Balaban J connectivity index is 1.64. The maximum Gasteiger partial charge on any atom is 0.270 e. The van der Waals surface area contributed by atoms with Crippen LogP contribution in [0.3, 0.4) is 0 Å². The third kappa shape index (κ3) is 4.12. The zero-order chi connectivity index (χ0) is 17.8. The average molecular weight is 336 g/mol. The van der Waals surface area contributed by atoms with Gasteiger partial charge in [-0.05, 0) is 54.5 Å². The smallest absolute Gasteiger partial charge is 0.270 e. The fourth-order valence-corrected chi connectivity index (χ4v) is 3.12. The summed E-state index contributed by atoms with van der Waals surface area (Å²) in [5.41, 5.74) is 4.51. The Morgan fingerprint density at radius 2 is 2.00 bits per heavy atom. The zero-order valence-electron chi connectivity index (χ0n) is 14.1. The van der Waals surface area contributed by atoms with E-state index in [-0.39, 0.29) is 17.6 Å². The highest BCUT2D eigenvalue weighted by atomic mass is 16.6. The van der Waals surface area contributed by atoms with Crippen LogP contribution in [0.5, 0.6) is 0 Å². The molecule has 2 aromatic rings. The van der Waals surface area contributed by atoms with Gasteiger partial charge in [0.1, 0.15) is 0 Å². The summed E-state index contributed by atoms with van der Waals surface area (Å²) in [5, 5.41) is 13.7. The van der Waals surface area contributed by atoms with Gasteiger partial charge in [0, 0.05) is 18.2 Å². The lowest BCUT2D eigenvalue weighted by Crippen LogP contribution is -2.24. The second kappa shape index (κ2) is 7.30. The minimum atomic E-state index is -0.451. The van der Waals surface area contributed by atoms with Crippen LogP contribution in [0.25, 0.3) is 6.08 Å². The predicted molar refractivity (Wildman–Crippen MR) is 97.2 cm³/mol. The number of aryl methyl sites for hydroxylation is 2. The second-order valence-corrected chi connectivity index (χ2v) is 6.30. The van der Waals surface area contributed by atoms with E-state index < -0.39 is 4.92 Å². The van der Waals surface area contributed by atoms with E-state index in [1.807, 2.05) is 6.92 Å². The van der Waals surface area contributed by atoms with E-state index in [1.165, 1.54) is 35.8 Å². The van der Waals surface area contributed by atoms with Gasteiger partial charge in [-0.25, -0.2) is 0 Å². The Labute approximate surface area is 146 Å². The number of hydrogen-bond donors (Lipinski definition) is 1. The van der Waals surface area contributed by atoms with E-state index in [1.54, 1.807) is 18.2 Å². The molecule has 1 N–H and O–H groups in total. The van der Waals surface area contributed by atoms with Crippen LogP contribution in [0, 0.1) is 10.1 Å². The number of benzene rings is 2. The number of nitro benzene ring substituents is 1. The maximum atomic E-state index is 12.1. The van der Waals surface area contributed by atoms with E-state index in [2.05, 4.69) is 23.5 Å². The van der Waals surface area contributed by atoms with Crippen molar-refractivity contribution >= 4 is 17.7 Å². The molecule has 0 heterocycles. The first kappa shape index (κ1) is 16.9. The summed E-state index contributed by atoms with van der Waals surface area (Å²) in [7, 11) is 0. The van der Waals surface area contributed by atoms with E-state index in [0.717, 1.165) is 18.4 Å². The first-order chi connectivity index (χ1) is 12.0. The molecule has 0 aromatic heterocycles. The number of rotatable bonds is 5. The van der Waals surface area contributed by atoms with Crippen molar-refractivity contribution in [3.63, 3.8) is 0 Å². The maximum absolute atomic E-state index is 12.1. The fourth-order valence-electron chi connectivity index (χ4n) is 3.12. The highest BCUT2D eigenvalue weighted by molar-refractivity contribution is 5.92. The van der Waals surface area contributed by atoms with E-state index in [9.17, 15) is 14.9 Å². The van der Waals surface area contributed by atoms with Crippen LogP contribution in [-0.4, -0.2) is 10.8 Å². The molecule has 1 atom stereocenters. The summed E-state index contributed by atoms with van der Waals surface area (Å²) in [6.45, 7) is 1.95. The highest BCUT2D eigenvalue weighted by Gasteiger charge is 2.14. The quantitative estimate of drug-likeness (QED) is 0.510. The van der Waals surface area contributed by atoms with Gasteiger partial charge in [-0.3, -0.25) is 14.9 Å². The van der Waals surface area contributed by atoms with Crippen molar-refractivity contribution in [1.29, 1.82) is 0 Å². The van der Waals surface area contributed by atoms with Crippen molar-refractivity contribution in [2.75, 3.05) is 0 Å². The second-order valence-electron chi connectivity index (χ2n) is 6.30. The molecular weight excluding hydrogens is 316 g/mol. The Hall–Kier alpha value is -2.95. The highest BCUT2D eigenvalue weighted by Crippen LogP contribution is 2.25. The van der Waals surface area contributed by atoms with Crippen LogP contribution in [0.15, 0.2) is 48.5 Å². The van der Waals surface area contributed by atoms with Crippen molar-refractivity contribution in [3.8, 4) is 0 Å². The SMILES string of the molecule is C[C@H](NC(=O)/C=C/c1cccc([N+](=O)[O-])c1)c1ccc2c(c1)CCC2. The molecule has 0 spiro atoms. The van der Waals surface area contributed by atoms with Crippen molar-refractivity contribution in [3.05, 3.63) is 80.9 Å². The van der Waals surface area contributed by atoms with Gasteiger partial charge in [0.2, 0.25) is 5.91 Å².